The van der Waals surface area contributed by atoms with Gasteiger partial charge in [0.15, 0.2) is 0 Å². The Balaban J connectivity index is 1.69. The van der Waals surface area contributed by atoms with Crippen molar-refractivity contribution in [3.05, 3.63) is 39.5 Å². The van der Waals surface area contributed by atoms with Crippen LogP contribution in [0.4, 0.5) is 5.82 Å². The van der Waals surface area contributed by atoms with Crippen LogP contribution < -0.4 is 4.90 Å². The van der Waals surface area contributed by atoms with Gasteiger partial charge in [-0.2, -0.15) is 0 Å². The molecule has 128 valence electrons. The van der Waals surface area contributed by atoms with Gasteiger partial charge in [-0.05, 0) is 38.8 Å². The summed E-state index contributed by atoms with van der Waals surface area (Å²) in [6.07, 6.45) is 3.69. The van der Waals surface area contributed by atoms with E-state index in [1.165, 1.54) is 9.88 Å². The Morgan fingerprint density at radius 1 is 1.29 bits per heavy atom. The first-order chi connectivity index (χ1) is 11.5. The van der Waals surface area contributed by atoms with Crippen LogP contribution in [0.1, 0.15) is 44.7 Å². The fourth-order valence-corrected chi connectivity index (χ4v) is 4.18. The van der Waals surface area contributed by atoms with E-state index >= 15 is 0 Å². The number of pyridine rings is 1. The molecule has 1 fully saturated rings. The Labute approximate surface area is 147 Å². The molecule has 0 aliphatic carbocycles. The maximum Gasteiger partial charge on any atom is 0.257 e. The van der Waals surface area contributed by atoms with Crippen molar-refractivity contribution in [3.8, 4) is 0 Å². The number of anilines is 1. The number of aromatic nitrogens is 2. The first kappa shape index (κ1) is 16.9. The van der Waals surface area contributed by atoms with Crippen molar-refractivity contribution >= 4 is 23.1 Å². The van der Waals surface area contributed by atoms with Gasteiger partial charge in [-0.25, -0.2) is 9.97 Å². The molecule has 0 N–H and O–H groups in total. The van der Waals surface area contributed by atoms with Crippen molar-refractivity contribution in [2.75, 3.05) is 32.1 Å². The van der Waals surface area contributed by atoms with Gasteiger partial charge in [-0.1, -0.05) is 0 Å². The lowest BCUT2D eigenvalue weighted by molar-refractivity contribution is 0.0713. The first-order valence-electron chi connectivity index (χ1n) is 8.33. The molecule has 1 amide bonds. The van der Waals surface area contributed by atoms with E-state index in [4.69, 9.17) is 4.98 Å². The Morgan fingerprint density at radius 2 is 2.00 bits per heavy atom. The topological polar surface area (TPSA) is 49.3 Å². The van der Waals surface area contributed by atoms with Gasteiger partial charge in [-0.15, -0.1) is 11.3 Å². The van der Waals surface area contributed by atoms with Gasteiger partial charge in [0, 0.05) is 44.2 Å². The smallest absolute Gasteiger partial charge is 0.257 e. The molecule has 0 saturated carbocycles. The minimum Gasteiger partial charge on any atom is -0.362 e. The zero-order valence-corrected chi connectivity index (χ0v) is 15.6. The number of thiazole rings is 1. The van der Waals surface area contributed by atoms with Gasteiger partial charge < -0.3 is 9.80 Å². The van der Waals surface area contributed by atoms with Crippen molar-refractivity contribution in [2.24, 2.45) is 0 Å². The molecule has 0 spiro atoms. The summed E-state index contributed by atoms with van der Waals surface area (Å²) in [4.78, 5) is 27.1. The molecule has 0 atom stereocenters. The number of carbonyl (C=O) groups is 1. The number of aryl methyl sites for hydroxylation is 2. The molecule has 0 radical (unpaired) electrons. The van der Waals surface area contributed by atoms with Gasteiger partial charge in [0.25, 0.3) is 5.91 Å². The van der Waals surface area contributed by atoms with E-state index in [0.717, 1.165) is 37.4 Å². The number of hydrogen-bond acceptors (Lipinski definition) is 5. The third kappa shape index (κ3) is 3.29. The summed E-state index contributed by atoms with van der Waals surface area (Å²) < 4.78 is 0. The van der Waals surface area contributed by atoms with Crippen LogP contribution >= 0.6 is 11.3 Å². The highest BCUT2D eigenvalue weighted by atomic mass is 32.1. The molecule has 0 unspecified atom stereocenters. The van der Waals surface area contributed by atoms with Crippen LogP contribution in [0.5, 0.6) is 0 Å². The molecule has 2 aromatic rings. The van der Waals surface area contributed by atoms with E-state index in [2.05, 4.69) is 18.8 Å². The molecule has 1 aliphatic rings. The van der Waals surface area contributed by atoms with E-state index in [9.17, 15) is 4.79 Å². The monoisotopic (exact) mass is 344 g/mol. The number of amides is 1. The summed E-state index contributed by atoms with van der Waals surface area (Å²) in [5.74, 6) is 1.29. The molecule has 0 bridgehead atoms. The number of carbonyl (C=O) groups excluding carboxylic acids is 1. The van der Waals surface area contributed by atoms with Crippen molar-refractivity contribution in [3.63, 3.8) is 0 Å². The van der Waals surface area contributed by atoms with Crippen LogP contribution in [-0.2, 0) is 0 Å². The maximum absolute atomic E-state index is 12.9. The molecule has 1 saturated heterocycles. The van der Waals surface area contributed by atoms with Crippen molar-refractivity contribution in [1.29, 1.82) is 0 Å². The van der Waals surface area contributed by atoms with E-state index in [1.807, 2.05) is 36.0 Å². The normalized spacial score (nSPS) is 15.6. The van der Waals surface area contributed by atoms with Crippen molar-refractivity contribution in [1.82, 2.24) is 14.9 Å². The lowest BCUT2D eigenvalue weighted by Gasteiger charge is -2.31. The summed E-state index contributed by atoms with van der Waals surface area (Å²) in [6, 6.07) is 3.69. The summed E-state index contributed by atoms with van der Waals surface area (Å²) in [6.45, 7) is 5.76. The molecular weight excluding hydrogens is 320 g/mol. The quantitative estimate of drug-likeness (QED) is 0.858. The molecule has 2 aromatic heterocycles. The zero-order chi connectivity index (χ0) is 17.3. The highest BCUT2D eigenvalue weighted by Gasteiger charge is 2.28. The highest BCUT2D eigenvalue weighted by Crippen LogP contribution is 2.33. The molecule has 24 heavy (non-hydrogen) atoms. The fraction of sp³-hybridized carbons (Fsp3) is 0.500. The lowest BCUT2D eigenvalue weighted by atomic mass is 9.97. The Bertz CT molecular complexity index is 713. The van der Waals surface area contributed by atoms with Gasteiger partial charge in [0.2, 0.25) is 0 Å². The molecule has 3 rings (SSSR count). The Morgan fingerprint density at radius 3 is 2.58 bits per heavy atom. The third-order valence-electron chi connectivity index (χ3n) is 4.62. The average molecular weight is 344 g/mol. The van der Waals surface area contributed by atoms with E-state index in [0.29, 0.717) is 11.5 Å². The molecule has 1 aliphatic heterocycles. The fourth-order valence-electron chi connectivity index (χ4n) is 3.09. The Kier molecular flexibility index (Phi) is 4.85. The van der Waals surface area contributed by atoms with Crippen LogP contribution in [0.2, 0.25) is 0 Å². The largest absolute Gasteiger partial charge is 0.362 e. The van der Waals surface area contributed by atoms with Crippen LogP contribution in [0.25, 0.3) is 0 Å². The van der Waals surface area contributed by atoms with Crippen molar-refractivity contribution in [2.45, 2.75) is 32.6 Å². The van der Waals surface area contributed by atoms with Gasteiger partial charge in [0.05, 0.1) is 16.3 Å². The van der Waals surface area contributed by atoms with E-state index in [-0.39, 0.29) is 5.91 Å². The van der Waals surface area contributed by atoms with Crippen LogP contribution in [-0.4, -0.2) is 48.0 Å². The summed E-state index contributed by atoms with van der Waals surface area (Å²) in [7, 11) is 3.83. The first-order valence-corrected chi connectivity index (χ1v) is 9.14. The lowest BCUT2D eigenvalue weighted by Crippen LogP contribution is -2.38. The average Bonchev–Trinajstić information content (AvgIpc) is 2.93. The molecule has 0 aromatic carbocycles. The van der Waals surface area contributed by atoms with Gasteiger partial charge >= 0.3 is 0 Å². The third-order valence-corrected chi connectivity index (χ3v) is 5.85. The standard InChI is InChI=1S/C18H24N4OS/c1-12-13(2)24-17(20-12)14-7-10-22(11-8-14)18(23)15-6-5-9-19-16(15)21(3)4/h5-6,9,14H,7-8,10-11H2,1-4H3. The number of likely N-dealkylation sites (tertiary alicyclic amines) is 1. The minimum absolute atomic E-state index is 0.0803. The molecule has 3 heterocycles. The zero-order valence-electron chi connectivity index (χ0n) is 14.7. The van der Waals surface area contributed by atoms with Crippen LogP contribution in [0, 0.1) is 13.8 Å². The molecule has 6 heteroatoms. The van der Waals surface area contributed by atoms with Gasteiger partial charge in [-0.3, -0.25) is 4.79 Å². The summed E-state index contributed by atoms with van der Waals surface area (Å²) >= 11 is 1.80. The second-order valence-electron chi connectivity index (χ2n) is 6.53. The van der Waals surface area contributed by atoms with E-state index < -0.39 is 0 Å². The minimum atomic E-state index is 0.0803. The number of nitrogens with zero attached hydrogens (tertiary/aromatic N) is 4. The van der Waals surface area contributed by atoms with Crippen LogP contribution in [0.3, 0.4) is 0 Å². The molecular formula is C18H24N4OS. The number of hydrogen-bond donors (Lipinski definition) is 0. The summed E-state index contributed by atoms with van der Waals surface area (Å²) in [5, 5.41) is 1.23. The van der Waals surface area contributed by atoms with Gasteiger partial charge in [0.1, 0.15) is 5.82 Å². The number of piperidine rings is 1. The van der Waals surface area contributed by atoms with E-state index in [1.54, 1.807) is 17.5 Å². The summed E-state index contributed by atoms with van der Waals surface area (Å²) in [5.41, 5.74) is 1.82. The maximum atomic E-state index is 12.9. The van der Waals surface area contributed by atoms with Crippen LogP contribution in [0.15, 0.2) is 18.3 Å². The predicted molar refractivity (Wildman–Crippen MR) is 98.0 cm³/mol. The Hall–Kier alpha value is -1.95. The molecule has 5 nitrogen and oxygen atoms in total. The number of rotatable bonds is 3. The SMILES string of the molecule is Cc1nc(C2CCN(C(=O)c3cccnc3N(C)C)CC2)sc1C. The second-order valence-corrected chi connectivity index (χ2v) is 7.76. The highest BCUT2D eigenvalue weighted by molar-refractivity contribution is 7.11. The second kappa shape index (κ2) is 6.89. The van der Waals surface area contributed by atoms with Crippen molar-refractivity contribution < 1.29 is 4.79 Å². The predicted octanol–water partition coefficient (Wildman–Crippen LogP) is 3.24.